The maximum atomic E-state index is 11.2. The molecule has 0 aliphatic heterocycles. The van der Waals surface area contributed by atoms with Gasteiger partial charge < -0.3 is 10.1 Å². The summed E-state index contributed by atoms with van der Waals surface area (Å²) in [5, 5.41) is 2.57. The number of rotatable bonds is 5. The van der Waals surface area contributed by atoms with Crippen LogP contribution in [0.25, 0.3) is 0 Å². The van der Waals surface area contributed by atoms with Gasteiger partial charge >= 0.3 is 0 Å². The van der Waals surface area contributed by atoms with Gasteiger partial charge in [-0.05, 0) is 41.1 Å². The predicted molar refractivity (Wildman–Crippen MR) is 71.4 cm³/mol. The lowest BCUT2D eigenvalue weighted by molar-refractivity contribution is -0.122. The van der Waals surface area contributed by atoms with Gasteiger partial charge in [0.05, 0.1) is 9.37 Å². The van der Waals surface area contributed by atoms with Crippen LogP contribution in [0.4, 0.5) is 0 Å². The number of carbonyl (C=O) groups excluding carboxylic acids is 1. The number of hydrogen-bond acceptors (Lipinski definition) is 4. The van der Waals surface area contributed by atoms with Crippen LogP contribution in [0, 0.1) is 0 Å². The maximum Gasteiger partial charge on any atom is 0.261 e. The first kappa shape index (κ1) is 15.3. The predicted octanol–water partition coefficient (Wildman–Crippen LogP) is 1.89. The third-order valence-corrected chi connectivity index (χ3v) is 3.89. The van der Waals surface area contributed by atoms with Crippen LogP contribution in [-0.4, -0.2) is 27.5 Å². The van der Waals surface area contributed by atoms with Gasteiger partial charge in [-0.2, -0.15) is 0 Å². The van der Waals surface area contributed by atoms with Crippen molar-refractivity contribution < 1.29 is 17.9 Å². The lowest BCUT2D eigenvalue weighted by atomic mass is 10.3. The second-order valence-corrected chi connectivity index (χ2v) is 6.69. The molecule has 0 bridgehead atoms. The number of likely N-dealkylation sites (N-methyl/N-ethyl adjacent to an activating group) is 1. The van der Waals surface area contributed by atoms with E-state index in [1.807, 2.05) is 0 Å². The van der Waals surface area contributed by atoms with Gasteiger partial charge in [-0.15, -0.1) is 0 Å². The van der Waals surface area contributed by atoms with E-state index in [-0.39, 0.29) is 17.4 Å². The average molecular weight is 357 g/mol. The first-order valence-corrected chi connectivity index (χ1v) is 8.08. The van der Waals surface area contributed by atoms with Crippen molar-refractivity contribution in [1.29, 1.82) is 0 Å². The molecule has 1 amide bonds. The quantitative estimate of drug-likeness (QED) is 0.818. The molecule has 0 spiro atoms. The first-order chi connectivity index (χ1) is 8.34. The lowest BCUT2D eigenvalue weighted by Crippen LogP contribution is -2.28. The molecular formula is C10H11BrClNO4S. The molecule has 5 nitrogen and oxygen atoms in total. The standard InChI is InChI=1S/C10H11BrClNO4S/c1-2-13-10(14)6-17-9-4-3-7(5-8(9)11)18(12,15)16/h3-5H,2,6H2,1H3,(H,13,14). The molecule has 1 rings (SSSR count). The van der Waals surface area contributed by atoms with E-state index in [0.717, 1.165) is 0 Å². The summed E-state index contributed by atoms with van der Waals surface area (Å²) >= 11 is 3.15. The molecule has 0 fully saturated rings. The minimum Gasteiger partial charge on any atom is -0.483 e. The molecule has 1 aromatic rings. The Morgan fingerprint density at radius 2 is 2.17 bits per heavy atom. The van der Waals surface area contributed by atoms with Crippen LogP contribution in [0.2, 0.25) is 0 Å². The molecule has 0 aliphatic rings. The van der Waals surface area contributed by atoms with Gasteiger partial charge in [0.25, 0.3) is 15.0 Å². The Hall–Kier alpha value is -0.790. The Balaban J connectivity index is 2.78. The number of nitrogens with one attached hydrogen (secondary N) is 1. The van der Waals surface area contributed by atoms with Gasteiger partial charge in [-0.3, -0.25) is 4.79 Å². The molecule has 1 N–H and O–H groups in total. The third kappa shape index (κ3) is 4.47. The van der Waals surface area contributed by atoms with Crippen LogP contribution in [-0.2, 0) is 13.8 Å². The topological polar surface area (TPSA) is 72.5 Å². The number of benzene rings is 1. The zero-order valence-corrected chi connectivity index (χ0v) is 12.6. The second kappa shape index (κ2) is 6.40. The Morgan fingerprint density at radius 1 is 1.50 bits per heavy atom. The average Bonchev–Trinajstić information content (AvgIpc) is 2.26. The van der Waals surface area contributed by atoms with Crippen LogP contribution in [0.5, 0.6) is 5.75 Å². The Kier molecular flexibility index (Phi) is 5.43. The fourth-order valence-corrected chi connectivity index (χ4v) is 2.56. The molecule has 100 valence electrons. The molecule has 0 aliphatic carbocycles. The summed E-state index contributed by atoms with van der Waals surface area (Å²) in [7, 11) is 1.42. The molecule has 0 heterocycles. The fraction of sp³-hybridized carbons (Fsp3) is 0.300. The minimum atomic E-state index is -3.77. The lowest BCUT2D eigenvalue weighted by Gasteiger charge is -2.08. The highest BCUT2D eigenvalue weighted by Gasteiger charge is 2.13. The van der Waals surface area contributed by atoms with Crippen molar-refractivity contribution in [3.8, 4) is 5.75 Å². The summed E-state index contributed by atoms with van der Waals surface area (Å²) in [6.07, 6.45) is 0. The highest BCUT2D eigenvalue weighted by Crippen LogP contribution is 2.29. The van der Waals surface area contributed by atoms with Gasteiger partial charge in [0.1, 0.15) is 5.75 Å². The first-order valence-electron chi connectivity index (χ1n) is 4.98. The summed E-state index contributed by atoms with van der Waals surface area (Å²) in [6.45, 7) is 2.18. The van der Waals surface area contributed by atoms with E-state index in [9.17, 15) is 13.2 Å². The third-order valence-electron chi connectivity index (χ3n) is 1.92. The van der Waals surface area contributed by atoms with E-state index in [0.29, 0.717) is 16.8 Å². The Labute approximate surface area is 118 Å². The van der Waals surface area contributed by atoms with Crippen molar-refractivity contribution >= 4 is 41.6 Å². The zero-order chi connectivity index (χ0) is 13.8. The van der Waals surface area contributed by atoms with E-state index in [4.69, 9.17) is 15.4 Å². The summed E-state index contributed by atoms with van der Waals surface area (Å²) in [4.78, 5) is 11.1. The van der Waals surface area contributed by atoms with Gasteiger partial charge in [-0.25, -0.2) is 8.42 Å². The van der Waals surface area contributed by atoms with Gasteiger partial charge in [-0.1, -0.05) is 0 Å². The van der Waals surface area contributed by atoms with Crippen LogP contribution >= 0.6 is 26.6 Å². The van der Waals surface area contributed by atoms with Crippen molar-refractivity contribution in [3.63, 3.8) is 0 Å². The molecule has 0 saturated carbocycles. The second-order valence-electron chi connectivity index (χ2n) is 3.27. The number of hydrogen-bond donors (Lipinski definition) is 1. The highest BCUT2D eigenvalue weighted by molar-refractivity contribution is 9.10. The summed E-state index contributed by atoms with van der Waals surface area (Å²) in [6, 6.07) is 4.05. The molecular weight excluding hydrogens is 346 g/mol. The monoisotopic (exact) mass is 355 g/mol. The molecule has 0 radical (unpaired) electrons. The van der Waals surface area contributed by atoms with Crippen molar-refractivity contribution in [2.24, 2.45) is 0 Å². The van der Waals surface area contributed by atoms with Crippen molar-refractivity contribution in [2.45, 2.75) is 11.8 Å². The summed E-state index contributed by atoms with van der Waals surface area (Å²) in [5.74, 6) is 0.115. The molecule has 1 aromatic carbocycles. The SMILES string of the molecule is CCNC(=O)COc1ccc(S(=O)(=O)Cl)cc1Br. The Bertz CT molecular complexity index is 547. The van der Waals surface area contributed by atoms with Crippen LogP contribution in [0.1, 0.15) is 6.92 Å². The van der Waals surface area contributed by atoms with Crippen molar-refractivity contribution in [2.75, 3.05) is 13.2 Å². The van der Waals surface area contributed by atoms with Crippen LogP contribution < -0.4 is 10.1 Å². The van der Waals surface area contributed by atoms with Crippen molar-refractivity contribution in [3.05, 3.63) is 22.7 Å². The van der Waals surface area contributed by atoms with E-state index in [1.54, 1.807) is 6.92 Å². The zero-order valence-electron chi connectivity index (χ0n) is 9.44. The fourth-order valence-electron chi connectivity index (χ4n) is 1.14. The minimum absolute atomic E-state index is 0.0404. The van der Waals surface area contributed by atoms with E-state index in [2.05, 4.69) is 21.2 Å². The van der Waals surface area contributed by atoms with Crippen LogP contribution in [0.3, 0.4) is 0 Å². The van der Waals surface area contributed by atoms with Crippen LogP contribution in [0.15, 0.2) is 27.6 Å². The summed E-state index contributed by atoms with van der Waals surface area (Å²) in [5.41, 5.74) is 0. The van der Waals surface area contributed by atoms with Crippen molar-refractivity contribution in [1.82, 2.24) is 5.32 Å². The molecule has 0 atom stereocenters. The molecule has 18 heavy (non-hydrogen) atoms. The molecule has 0 saturated heterocycles. The maximum absolute atomic E-state index is 11.2. The smallest absolute Gasteiger partial charge is 0.261 e. The largest absolute Gasteiger partial charge is 0.483 e. The number of amides is 1. The molecule has 0 aromatic heterocycles. The number of halogens is 2. The van der Waals surface area contributed by atoms with Gasteiger partial charge in [0.15, 0.2) is 6.61 Å². The summed E-state index contributed by atoms with van der Waals surface area (Å²) < 4.78 is 27.8. The molecule has 8 heteroatoms. The van der Waals surface area contributed by atoms with E-state index in [1.165, 1.54) is 18.2 Å². The highest BCUT2D eigenvalue weighted by atomic mass is 79.9. The normalized spacial score (nSPS) is 11.1. The van der Waals surface area contributed by atoms with Gasteiger partial charge in [0, 0.05) is 17.2 Å². The Morgan fingerprint density at radius 3 is 2.67 bits per heavy atom. The number of ether oxygens (including phenoxy) is 1. The number of carbonyl (C=O) groups is 1. The van der Waals surface area contributed by atoms with E-state index < -0.39 is 9.05 Å². The van der Waals surface area contributed by atoms with E-state index >= 15 is 0 Å². The van der Waals surface area contributed by atoms with Gasteiger partial charge in [0.2, 0.25) is 0 Å². The molecule has 0 unspecified atom stereocenters.